The van der Waals surface area contributed by atoms with Crippen molar-refractivity contribution < 1.29 is 5.11 Å². The Kier molecular flexibility index (Phi) is 3.62. The average molecular weight is 296 g/mol. The van der Waals surface area contributed by atoms with Crippen LogP contribution in [0.1, 0.15) is 32.6 Å². The first-order chi connectivity index (χ1) is 9.53. The summed E-state index contributed by atoms with van der Waals surface area (Å²) in [7, 11) is 3.93. The molecular formula is C14H24N4OS. The van der Waals surface area contributed by atoms with E-state index in [4.69, 9.17) is 0 Å². The number of nitrogens with zero attached hydrogens (tertiary/aromatic N) is 4. The monoisotopic (exact) mass is 296 g/mol. The zero-order chi connectivity index (χ0) is 14.3. The standard InChI is InChI=1S/C14H24N4OS/c1-4-14(19)7-5-6-10-8-18(9-11(10)14)13-15-12(16-20-13)17(2)3/h10-11,19H,4-9H2,1-3H3/t10-,11+,14-/m0/s1. The van der Waals surface area contributed by atoms with Crippen LogP contribution < -0.4 is 9.80 Å². The van der Waals surface area contributed by atoms with Gasteiger partial charge in [0.05, 0.1) is 5.60 Å². The van der Waals surface area contributed by atoms with Gasteiger partial charge in [-0.1, -0.05) is 13.3 Å². The molecule has 0 amide bonds. The van der Waals surface area contributed by atoms with Crippen LogP contribution in [0.2, 0.25) is 0 Å². The van der Waals surface area contributed by atoms with Crippen molar-refractivity contribution in [1.82, 2.24) is 9.36 Å². The molecular weight excluding hydrogens is 272 g/mol. The lowest BCUT2D eigenvalue weighted by Gasteiger charge is -2.40. The zero-order valence-corrected chi connectivity index (χ0v) is 13.4. The topological polar surface area (TPSA) is 52.5 Å². The molecule has 3 rings (SSSR count). The number of hydrogen-bond donors (Lipinski definition) is 1. The van der Waals surface area contributed by atoms with Crippen LogP contribution in [0.5, 0.6) is 0 Å². The third kappa shape index (κ3) is 2.29. The molecule has 0 unspecified atom stereocenters. The summed E-state index contributed by atoms with van der Waals surface area (Å²) < 4.78 is 4.39. The SMILES string of the molecule is CC[C@]1(O)CCC[C@H]2CN(c3nc(N(C)C)ns3)C[C@H]21. The fourth-order valence-electron chi connectivity index (χ4n) is 3.74. The second kappa shape index (κ2) is 5.15. The van der Waals surface area contributed by atoms with Crippen LogP contribution in [-0.2, 0) is 0 Å². The third-order valence-electron chi connectivity index (χ3n) is 5.00. The number of hydrogen-bond acceptors (Lipinski definition) is 6. The van der Waals surface area contributed by atoms with Gasteiger partial charge in [0.2, 0.25) is 11.1 Å². The smallest absolute Gasteiger partial charge is 0.238 e. The van der Waals surface area contributed by atoms with Crippen molar-refractivity contribution in [2.24, 2.45) is 11.8 Å². The van der Waals surface area contributed by atoms with Crippen LogP contribution in [0.25, 0.3) is 0 Å². The normalized spacial score (nSPS) is 33.3. The van der Waals surface area contributed by atoms with Crippen LogP contribution in [-0.4, -0.2) is 47.2 Å². The predicted octanol–water partition coefficient (Wildman–Crippen LogP) is 1.98. The molecule has 20 heavy (non-hydrogen) atoms. The molecule has 0 aromatic carbocycles. The first-order valence-corrected chi connectivity index (χ1v) is 8.29. The Morgan fingerprint density at radius 1 is 1.45 bits per heavy atom. The number of aromatic nitrogens is 2. The largest absolute Gasteiger partial charge is 0.390 e. The first kappa shape index (κ1) is 14.1. The van der Waals surface area contributed by atoms with E-state index in [1.807, 2.05) is 19.0 Å². The van der Waals surface area contributed by atoms with E-state index in [1.54, 1.807) is 0 Å². The van der Waals surface area contributed by atoms with Crippen LogP contribution in [0.15, 0.2) is 0 Å². The van der Waals surface area contributed by atoms with E-state index in [1.165, 1.54) is 18.0 Å². The van der Waals surface area contributed by atoms with Crippen LogP contribution >= 0.6 is 11.5 Å². The van der Waals surface area contributed by atoms with Gasteiger partial charge in [0.15, 0.2) is 0 Å². The van der Waals surface area contributed by atoms with E-state index >= 15 is 0 Å². The number of fused-ring (bicyclic) bond motifs is 1. The van der Waals surface area contributed by atoms with Crippen molar-refractivity contribution in [3.63, 3.8) is 0 Å². The van der Waals surface area contributed by atoms with Gasteiger partial charge in [0.1, 0.15) is 0 Å². The van der Waals surface area contributed by atoms with E-state index in [2.05, 4.69) is 21.2 Å². The maximum absolute atomic E-state index is 10.8. The average Bonchev–Trinajstić information content (AvgIpc) is 3.05. The maximum atomic E-state index is 10.8. The molecule has 2 fully saturated rings. The Morgan fingerprint density at radius 3 is 2.90 bits per heavy atom. The fourth-order valence-corrected chi connectivity index (χ4v) is 4.50. The molecule has 0 spiro atoms. The Morgan fingerprint density at radius 2 is 2.25 bits per heavy atom. The molecule has 0 bridgehead atoms. The van der Waals surface area contributed by atoms with Gasteiger partial charge in [-0.2, -0.15) is 9.36 Å². The van der Waals surface area contributed by atoms with Gasteiger partial charge in [-0.3, -0.25) is 0 Å². The predicted molar refractivity (Wildman–Crippen MR) is 82.5 cm³/mol. The molecule has 5 nitrogen and oxygen atoms in total. The Bertz CT molecular complexity index is 477. The summed E-state index contributed by atoms with van der Waals surface area (Å²) in [5, 5.41) is 11.8. The zero-order valence-electron chi connectivity index (χ0n) is 12.5. The Balaban J connectivity index is 1.77. The highest BCUT2D eigenvalue weighted by Crippen LogP contribution is 2.45. The van der Waals surface area contributed by atoms with Crippen molar-refractivity contribution in [3.8, 4) is 0 Å². The molecule has 2 heterocycles. The summed E-state index contributed by atoms with van der Waals surface area (Å²) in [5.74, 6) is 1.79. The number of rotatable bonds is 3. The molecule has 1 saturated heterocycles. The van der Waals surface area contributed by atoms with E-state index in [0.29, 0.717) is 11.8 Å². The van der Waals surface area contributed by atoms with Crippen LogP contribution in [0.3, 0.4) is 0 Å². The van der Waals surface area contributed by atoms with Crippen LogP contribution in [0.4, 0.5) is 11.1 Å². The molecule has 1 aromatic heterocycles. The first-order valence-electron chi connectivity index (χ1n) is 7.52. The Hall–Kier alpha value is -0.880. The summed E-state index contributed by atoms with van der Waals surface area (Å²) in [6, 6.07) is 0. The minimum Gasteiger partial charge on any atom is -0.390 e. The third-order valence-corrected chi connectivity index (χ3v) is 5.77. The van der Waals surface area contributed by atoms with Gasteiger partial charge in [0, 0.05) is 44.6 Å². The molecule has 1 N–H and O–H groups in total. The van der Waals surface area contributed by atoms with Gasteiger partial charge >= 0.3 is 0 Å². The van der Waals surface area contributed by atoms with Crippen LogP contribution in [0, 0.1) is 11.8 Å². The summed E-state index contributed by atoms with van der Waals surface area (Å²) in [6.07, 6.45) is 4.21. The molecule has 0 radical (unpaired) electrons. The lowest BCUT2D eigenvalue weighted by atomic mass is 9.69. The summed E-state index contributed by atoms with van der Waals surface area (Å²) in [4.78, 5) is 8.86. The van der Waals surface area contributed by atoms with E-state index in [9.17, 15) is 5.11 Å². The minimum atomic E-state index is -0.466. The molecule has 112 valence electrons. The summed E-state index contributed by atoms with van der Waals surface area (Å²) >= 11 is 1.47. The van der Waals surface area contributed by atoms with Crippen molar-refractivity contribution in [3.05, 3.63) is 0 Å². The highest BCUT2D eigenvalue weighted by atomic mass is 32.1. The minimum absolute atomic E-state index is 0.396. The molecule has 1 saturated carbocycles. The lowest BCUT2D eigenvalue weighted by Crippen LogP contribution is -2.44. The summed E-state index contributed by atoms with van der Waals surface area (Å²) in [5.41, 5.74) is -0.466. The molecule has 2 aliphatic rings. The quantitative estimate of drug-likeness (QED) is 0.924. The van der Waals surface area contributed by atoms with Crippen molar-refractivity contribution >= 4 is 22.6 Å². The summed E-state index contributed by atoms with van der Waals surface area (Å²) in [6.45, 7) is 4.06. The molecule has 1 aliphatic carbocycles. The fraction of sp³-hybridized carbons (Fsp3) is 0.857. The van der Waals surface area contributed by atoms with Gasteiger partial charge in [-0.15, -0.1) is 0 Å². The molecule has 6 heteroatoms. The van der Waals surface area contributed by atoms with Gasteiger partial charge in [-0.05, 0) is 25.2 Å². The van der Waals surface area contributed by atoms with E-state index < -0.39 is 5.60 Å². The highest BCUT2D eigenvalue weighted by Gasteiger charge is 2.48. The van der Waals surface area contributed by atoms with E-state index in [0.717, 1.165) is 43.4 Å². The second-order valence-corrected chi connectivity index (χ2v) is 7.12. The van der Waals surface area contributed by atoms with Crippen molar-refractivity contribution in [2.45, 2.75) is 38.2 Å². The molecule has 3 atom stereocenters. The van der Waals surface area contributed by atoms with Gasteiger partial charge in [0.25, 0.3) is 0 Å². The lowest BCUT2D eigenvalue weighted by molar-refractivity contribution is -0.0597. The number of aliphatic hydroxyl groups is 1. The van der Waals surface area contributed by atoms with Crippen molar-refractivity contribution in [2.75, 3.05) is 37.0 Å². The van der Waals surface area contributed by atoms with E-state index in [-0.39, 0.29) is 0 Å². The molecule has 1 aliphatic heterocycles. The van der Waals surface area contributed by atoms with Gasteiger partial charge in [-0.25, -0.2) is 0 Å². The second-order valence-electron chi connectivity index (χ2n) is 6.39. The van der Waals surface area contributed by atoms with Crippen molar-refractivity contribution in [1.29, 1.82) is 0 Å². The highest BCUT2D eigenvalue weighted by molar-refractivity contribution is 7.09. The van der Waals surface area contributed by atoms with Gasteiger partial charge < -0.3 is 14.9 Å². The Labute approximate surface area is 124 Å². The number of anilines is 2. The molecule has 1 aromatic rings. The maximum Gasteiger partial charge on any atom is 0.238 e.